The molecule has 1 heterocycles. The second-order valence-corrected chi connectivity index (χ2v) is 4.54. The Morgan fingerprint density at radius 3 is 2.83 bits per heavy atom. The highest BCUT2D eigenvalue weighted by Crippen LogP contribution is 2.09. The molecule has 2 N–H and O–H groups in total. The zero-order chi connectivity index (χ0) is 13.4. The maximum Gasteiger partial charge on any atom is 0.269 e. The minimum atomic E-state index is -0.141. The number of carbonyl (C=O) groups excluding carboxylic acids is 1. The summed E-state index contributed by atoms with van der Waals surface area (Å²) in [5.41, 5.74) is 1.29. The number of amides is 1. The number of pyridine rings is 1. The minimum absolute atomic E-state index is 0.141. The molecule has 1 atom stereocenters. The summed E-state index contributed by atoms with van der Waals surface area (Å²) in [6.07, 6.45) is 2.81. The van der Waals surface area contributed by atoms with Crippen LogP contribution in [0.5, 0.6) is 0 Å². The number of rotatable bonds is 7. The largest absolute Gasteiger partial charge is 0.396 e. The molecule has 0 spiro atoms. The predicted molar refractivity (Wildman–Crippen MR) is 71.4 cm³/mol. The van der Waals surface area contributed by atoms with Crippen molar-refractivity contribution in [2.45, 2.75) is 33.1 Å². The van der Waals surface area contributed by atoms with Crippen molar-refractivity contribution in [1.29, 1.82) is 0 Å². The van der Waals surface area contributed by atoms with E-state index in [4.69, 9.17) is 5.11 Å². The van der Waals surface area contributed by atoms with Gasteiger partial charge < -0.3 is 10.4 Å². The average molecular weight is 250 g/mol. The van der Waals surface area contributed by atoms with E-state index in [2.05, 4.69) is 17.2 Å². The van der Waals surface area contributed by atoms with Gasteiger partial charge in [-0.15, -0.1) is 0 Å². The minimum Gasteiger partial charge on any atom is -0.396 e. The Morgan fingerprint density at radius 1 is 1.44 bits per heavy atom. The Labute approximate surface area is 108 Å². The molecular formula is C14H22N2O2. The summed E-state index contributed by atoms with van der Waals surface area (Å²) in [5, 5.41) is 11.8. The lowest BCUT2D eigenvalue weighted by molar-refractivity contribution is 0.0937. The van der Waals surface area contributed by atoms with Gasteiger partial charge in [-0.3, -0.25) is 4.79 Å². The molecule has 0 aliphatic rings. The Hall–Kier alpha value is -1.42. The van der Waals surface area contributed by atoms with Gasteiger partial charge in [-0.2, -0.15) is 0 Å². The molecule has 1 aromatic rings. The van der Waals surface area contributed by atoms with Crippen molar-refractivity contribution in [1.82, 2.24) is 10.3 Å². The molecule has 0 bridgehead atoms. The zero-order valence-electron chi connectivity index (χ0n) is 11.1. The average Bonchev–Trinajstić information content (AvgIpc) is 2.36. The number of hydrogen-bond donors (Lipinski definition) is 2. The molecular weight excluding hydrogens is 228 g/mol. The van der Waals surface area contributed by atoms with Crippen molar-refractivity contribution in [2.24, 2.45) is 5.92 Å². The van der Waals surface area contributed by atoms with E-state index in [0.717, 1.165) is 25.0 Å². The number of hydrogen-bond acceptors (Lipinski definition) is 3. The van der Waals surface area contributed by atoms with E-state index in [1.807, 2.05) is 19.1 Å². The summed E-state index contributed by atoms with van der Waals surface area (Å²) < 4.78 is 0. The molecule has 0 saturated carbocycles. The Balaban J connectivity index is 2.49. The lowest BCUT2D eigenvalue weighted by atomic mass is 10.0. The van der Waals surface area contributed by atoms with Gasteiger partial charge in [0.1, 0.15) is 5.69 Å². The van der Waals surface area contributed by atoms with Crippen LogP contribution in [0.25, 0.3) is 0 Å². The number of aliphatic hydroxyl groups excluding tert-OH is 1. The molecule has 0 aliphatic heterocycles. The van der Waals surface area contributed by atoms with Crippen molar-refractivity contribution < 1.29 is 9.90 Å². The standard InChI is InChI=1S/C14H22N2O2/c1-3-5-12(8-9-17)10-15-14(18)13-7-4-6-11(2)16-13/h4,6-7,12,17H,3,5,8-10H2,1-2H3,(H,15,18). The first-order chi connectivity index (χ1) is 8.67. The summed E-state index contributed by atoms with van der Waals surface area (Å²) in [4.78, 5) is 16.1. The fourth-order valence-electron chi connectivity index (χ4n) is 1.94. The molecule has 1 rings (SSSR count). The number of nitrogens with zero attached hydrogens (tertiary/aromatic N) is 1. The maximum absolute atomic E-state index is 11.9. The van der Waals surface area contributed by atoms with E-state index < -0.39 is 0 Å². The number of carbonyl (C=O) groups is 1. The third-order valence-electron chi connectivity index (χ3n) is 2.91. The fraction of sp³-hybridized carbons (Fsp3) is 0.571. The molecule has 0 aromatic carbocycles. The van der Waals surface area contributed by atoms with Crippen LogP contribution >= 0.6 is 0 Å². The number of aliphatic hydroxyl groups is 1. The SMILES string of the molecule is CCCC(CCO)CNC(=O)c1cccc(C)n1. The number of aryl methyl sites for hydroxylation is 1. The van der Waals surface area contributed by atoms with Crippen molar-refractivity contribution in [3.8, 4) is 0 Å². The van der Waals surface area contributed by atoms with Gasteiger partial charge in [0.05, 0.1) is 0 Å². The van der Waals surface area contributed by atoms with Crippen LogP contribution in [0.3, 0.4) is 0 Å². The molecule has 1 aromatic heterocycles. The van der Waals surface area contributed by atoms with Crippen LogP contribution in [0, 0.1) is 12.8 Å². The molecule has 18 heavy (non-hydrogen) atoms. The van der Waals surface area contributed by atoms with Gasteiger partial charge >= 0.3 is 0 Å². The van der Waals surface area contributed by atoms with Crippen molar-refractivity contribution in [3.05, 3.63) is 29.6 Å². The number of aromatic nitrogens is 1. The lowest BCUT2D eigenvalue weighted by Gasteiger charge is -2.15. The second-order valence-electron chi connectivity index (χ2n) is 4.54. The van der Waals surface area contributed by atoms with Gasteiger partial charge in [-0.1, -0.05) is 19.4 Å². The monoisotopic (exact) mass is 250 g/mol. The summed E-state index contributed by atoms with van der Waals surface area (Å²) in [7, 11) is 0. The molecule has 1 amide bonds. The summed E-state index contributed by atoms with van der Waals surface area (Å²) in [6, 6.07) is 5.40. The van der Waals surface area contributed by atoms with Crippen LogP contribution < -0.4 is 5.32 Å². The van der Waals surface area contributed by atoms with Gasteiger partial charge in [0, 0.05) is 18.8 Å². The van der Waals surface area contributed by atoms with Gasteiger partial charge in [0.25, 0.3) is 5.91 Å². The molecule has 4 nitrogen and oxygen atoms in total. The van der Waals surface area contributed by atoms with E-state index in [0.29, 0.717) is 18.2 Å². The van der Waals surface area contributed by atoms with Crippen molar-refractivity contribution >= 4 is 5.91 Å². The Bertz CT molecular complexity index is 374. The molecule has 1 unspecified atom stereocenters. The van der Waals surface area contributed by atoms with Crippen molar-refractivity contribution in [2.75, 3.05) is 13.2 Å². The first kappa shape index (κ1) is 14.6. The topological polar surface area (TPSA) is 62.2 Å². The van der Waals surface area contributed by atoms with Crippen LogP contribution in [0.2, 0.25) is 0 Å². The van der Waals surface area contributed by atoms with Crippen molar-refractivity contribution in [3.63, 3.8) is 0 Å². The molecule has 0 radical (unpaired) electrons. The van der Waals surface area contributed by atoms with E-state index in [1.54, 1.807) is 6.07 Å². The first-order valence-electron chi connectivity index (χ1n) is 6.50. The van der Waals surface area contributed by atoms with E-state index in [1.165, 1.54) is 0 Å². The van der Waals surface area contributed by atoms with Gasteiger partial charge in [0.2, 0.25) is 0 Å². The van der Waals surface area contributed by atoms with Gasteiger partial charge in [-0.05, 0) is 37.8 Å². The Kier molecular flexibility index (Phi) is 6.36. The van der Waals surface area contributed by atoms with E-state index in [9.17, 15) is 4.79 Å². The third kappa shape index (κ3) is 4.84. The van der Waals surface area contributed by atoms with Gasteiger partial charge in [-0.25, -0.2) is 4.98 Å². The molecule has 0 fully saturated rings. The fourth-order valence-corrected chi connectivity index (χ4v) is 1.94. The quantitative estimate of drug-likeness (QED) is 0.777. The van der Waals surface area contributed by atoms with Crippen LogP contribution in [0.4, 0.5) is 0 Å². The van der Waals surface area contributed by atoms with Crippen LogP contribution in [0.1, 0.15) is 42.4 Å². The summed E-state index contributed by atoms with van der Waals surface area (Å²) in [5.74, 6) is 0.200. The smallest absolute Gasteiger partial charge is 0.269 e. The van der Waals surface area contributed by atoms with E-state index >= 15 is 0 Å². The normalized spacial score (nSPS) is 12.2. The predicted octanol–water partition coefficient (Wildman–Crippen LogP) is 1.92. The Morgan fingerprint density at radius 2 is 2.22 bits per heavy atom. The summed E-state index contributed by atoms with van der Waals surface area (Å²) in [6.45, 7) is 4.74. The zero-order valence-corrected chi connectivity index (χ0v) is 11.1. The van der Waals surface area contributed by atoms with Crippen LogP contribution in [-0.4, -0.2) is 29.1 Å². The molecule has 0 aliphatic carbocycles. The highest BCUT2D eigenvalue weighted by molar-refractivity contribution is 5.92. The summed E-state index contributed by atoms with van der Waals surface area (Å²) >= 11 is 0. The molecule has 100 valence electrons. The van der Waals surface area contributed by atoms with Crippen LogP contribution in [0.15, 0.2) is 18.2 Å². The first-order valence-corrected chi connectivity index (χ1v) is 6.50. The lowest BCUT2D eigenvalue weighted by Crippen LogP contribution is -2.30. The highest BCUT2D eigenvalue weighted by Gasteiger charge is 2.11. The number of nitrogens with one attached hydrogen (secondary N) is 1. The second kappa shape index (κ2) is 7.82. The van der Waals surface area contributed by atoms with E-state index in [-0.39, 0.29) is 12.5 Å². The molecule has 0 saturated heterocycles. The molecule has 4 heteroatoms. The third-order valence-corrected chi connectivity index (χ3v) is 2.91. The highest BCUT2D eigenvalue weighted by atomic mass is 16.3. The van der Waals surface area contributed by atoms with Crippen LogP contribution in [-0.2, 0) is 0 Å². The van der Waals surface area contributed by atoms with Gasteiger partial charge in [0.15, 0.2) is 0 Å². The maximum atomic E-state index is 11.9.